The second-order valence-electron chi connectivity index (χ2n) is 4.76. The van der Waals surface area contributed by atoms with Gasteiger partial charge in [-0.25, -0.2) is 0 Å². The second kappa shape index (κ2) is 7.71. The molecule has 1 heterocycles. The molecule has 2 aromatic rings. The lowest BCUT2D eigenvalue weighted by Crippen LogP contribution is -2.32. The van der Waals surface area contributed by atoms with Crippen LogP contribution in [-0.4, -0.2) is 31.5 Å². The molecule has 2 rings (SSSR count). The van der Waals surface area contributed by atoms with Gasteiger partial charge in [-0.05, 0) is 31.2 Å². The van der Waals surface area contributed by atoms with Gasteiger partial charge in [0.1, 0.15) is 18.5 Å². The zero-order chi connectivity index (χ0) is 15.1. The minimum atomic E-state index is -0.618. The Balaban J connectivity index is 1.76. The number of ether oxygens (including phenoxy) is 2. The molecule has 1 aromatic carbocycles. The fraction of sp³-hybridized carbons (Fsp3) is 0.375. The summed E-state index contributed by atoms with van der Waals surface area (Å²) >= 11 is 0. The fourth-order valence-corrected chi connectivity index (χ4v) is 1.93. The average Bonchev–Trinajstić information content (AvgIpc) is 3.05. The molecule has 5 heteroatoms. The Morgan fingerprint density at radius 3 is 2.62 bits per heavy atom. The lowest BCUT2D eigenvalue weighted by molar-refractivity contribution is 0.102. The molecule has 0 saturated carbocycles. The van der Waals surface area contributed by atoms with Crippen LogP contribution in [0.25, 0.3) is 0 Å². The van der Waals surface area contributed by atoms with E-state index < -0.39 is 6.10 Å². The smallest absolute Gasteiger partial charge is 0.161 e. The zero-order valence-electron chi connectivity index (χ0n) is 12.3. The van der Waals surface area contributed by atoms with Gasteiger partial charge in [0.2, 0.25) is 0 Å². The molecule has 0 aliphatic heterocycles. The molecule has 2 N–H and O–H groups in total. The number of para-hydroxylation sites is 2. The molecule has 114 valence electrons. The van der Waals surface area contributed by atoms with Crippen LogP contribution >= 0.6 is 0 Å². The van der Waals surface area contributed by atoms with Gasteiger partial charge in [0.15, 0.2) is 11.5 Å². The van der Waals surface area contributed by atoms with E-state index in [2.05, 4.69) is 5.32 Å². The number of aliphatic hydroxyl groups is 1. The number of benzene rings is 1. The molecule has 2 atom stereocenters. The van der Waals surface area contributed by atoms with E-state index in [0.29, 0.717) is 18.0 Å². The van der Waals surface area contributed by atoms with Crippen LogP contribution < -0.4 is 14.8 Å². The van der Waals surface area contributed by atoms with Crippen molar-refractivity contribution in [2.24, 2.45) is 0 Å². The largest absolute Gasteiger partial charge is 0.493 e. The molecule has 0 amide bonds. The highest BCUT2D eigenvalue weighted by molar-refractivity contribution is 5.39. The summed E-state index contributed by atoms with van der Waals surface area (Å²) in [5.74, 6) is 2.12. The van der Waals surface area contributed by atoms with Crippen molar-refractivity contribution in [3.05, 3.63) is 48.4 Å². The maximum absolute atomic E-state index is 9.96. The Labute approximate surface area is 124 Å². The zero-order valence-corrected chi connectivity index (χ0v) is 12.3. The van der Waals surface area contributed by atoms with Crippen molar-refractivity contribution in [2.75, 3.05) is 20.3 Å². The Bertz CT molecular complexity index is 527. The van der Waals surface area contributed by atoms with Crippen molar-refractivity contribution >= 4 is 0 Å². The topological polar surface area (TPSA) is 63.9 Å². The van der Waals surface area contributed by atoms with Crippen LogP contribution in [0.4, 0.5) is 0 Å². The van der Waals surface area contributed by atoms with Crippen molar-refractivity contribution < 1.29 is 19.0 Å². The number of aliphatic hydroxyl groups excluding tert-OH is 1. The van der Waals surface area contributed by atoms with E-state index in [1.807, 2.05) is 43.3 Å². The van der Waals surface area contributed by atoms with Gasteiger partial charge < -0.3 is 24.3 Å². The number of hydrogen-bond acceptors (Lipinski definition) is 5. The number of rotatable bonds is 8. The summed E-state index contributed by atoms with van der Waals surface area (Å²) in [5.41, 5.74) is 0. The van der Waals surface area contributed by atoms with Crippen LogP contribution in [0, 0.1) is 0 Å². The van der Waals surface area contributed by atoms with Crippen molar-refractivity contribution in [2.45, 2.75) is 19.1 Å². The third kappa shape index (κ3) is 4.51. The summed E-state index contributed by atoms with van der Waals surface area (Å²) in [4.78, 5) is 0. The molecule has 0 aliphatic rings. The molecule has 0 fully saturated rings. The van der Waals surface area contributed by atoms with Crippen molar-refractivity contribution in [3.63, 3.8) is 0 Å². The van der Waals surface area contributed by atoms with Crippen molar-refractivity contribution in [3.8, 4) is 11.5 Å². The maximum atomic E-state index is 9.96. The van der Waals surface area contributed by atoms with E-state index in [0.717, 1.165) is 5.76 Å². The van der Waals surface area contributed by atoms with Gasteiger partial charge in [-0.2, -0.15) is 0 Å². The molecular formula is C16H21NO4. The van der Waals surface area contributed by atoms with Crippen molar-refractivity contribution in [1.29, 1.82) is 0 Å². The molecular weight excluding hydrogens is 270 g/mol. The van der Waals surface area contributed by atoms with Crippen molar-refractivity contribution in [1.82, 2.24) is 5.32 Å². The Morgan fingerprint density at radius 2 is 1.95 bits per heavy atom. The van der Waals surface area contributed by atoms with Gasteiger partial charge in [-0.3, -0.25) is 0 Å². The summed E-state index contributed by atoms with van der Waals surface area (Å²) in [7, 11) is 1.59. The highest BCUT2D eigenvalue weighted by Crippen LogP contribution is 2.25. The molecule has 0 aliphatic carbocycles. The Kier molecular flexibility index (Phi) is 5.66. The molecule has 0 radical (unpaired) electrons. The number of hydrogen-bond donors (Lipinski definition) is 2. The SMILES string of the molecule is COc1ccccc1OCC(O)CN[C@@H](C)c1ccco1. The molecule has 0 saturated heterocycles. The predicted octanol–water partition coefficient (Wildman–Crippen LogP) is 2.38. The lowest BCUT2D eigenvalue weighted by atomic mass is 10.2. The third-order valence-corrected chi connectivity index (χ3v) is 3.13. The van der Waals surface area contributed by atoms with Gasteiger partial charge in [-0.1, -0.05) is 12.1 Å². The van der Waals surface area contributed by atoms with Crippen LogP contribution in [0.1, 0.15) is 18.7 Å². The summed E-state index contributed by atoms with van der Waals surface area (Å²) in [6.45, 7) is 2.59. The molecule has 21 heavy (non-hydrogen) atoms. The van der Waals surface area contributed by atoms with E-state index in [1.54, 1.807) is 13.4 Å². The summed E-state index contributed by atoms with van der Waals surface area (Å²) in [6.07, 6.45) is 1.02. The molecule has 0 spiro atoms. The van der Waals surface area contributed by atoms with E-state index in [-0.39, 0.29) is 12.6 Å². The summed E-state index contributed by atoms with van der Waals surface area (Å²) < 4.78 is 16.1. The van der Waals surface area contributed by atoms with Gasteiger partial charge in [0, 0.05) is 6.54 Å². The van der Waals surface area contributed by atoms with Gasteiger partial charge in [-0.15, -0.1) is 0 Å². The van der Waals surface area contributed by atoms with Crippen LogP contribution in [0.2, 0.25) is 0 Å². The average molecular weight is 291 g/mol. The first-order chi connectivity index (χ1) is 10.2. The van der Waals surface area contributed by atoms with E-state index in [9.17, 15) is 5.11 Å². The molecule has 1 unspecified atom stereocenters. The van der Waals surface area contributed by atoms with Crippen LogP contribution in [0.15, 0.2) is 47.1 Å². The first-order valence-corrected chi connectivity index (χ1v) is 6.91. The normalized spacial score (nSPS) is 13.7. The standard InChI is InChI=1S/C16H21NO4/c1-12(14-8-5-9-20-14)17-10-13(18)11-21-16-7-4-3-6-15(16)19-2/h3-9,12-13,17-18H,10-11H2,1-2H3/t12-,13?/m0/s1. The van der Waals surface area contributed by atoms with Crippen LogP contribution in [-0.2, 0) is 0 Å². The first-order valence-electron chi connectivity index (χ1n) is 6.91. The third-order valence-electron chi connectivity index (χ3n) is 3.13. The number of furan rings is 1. The number of methoxy groups -OCH3 is 1. The second-order valence-corrected chi connectivity index (χ2v) is 4.76. The monoisotopic (exact) mass is 291 g/mol. The molecule has 1 aromatic heterocycles. The van der Waals surface area contributed by atoms with E-state index >= 15 is 0 Å². The first kappa shape index (κ1) is 15.4. The fourth-order valence-electron chi connectivity index (χ4n) is 1.93. The predicted molar refractivity (Wildman–Crippen MR) is 79.6 cm³/mol. The highest BCUT2D eigenvalue weighted by atomic mass is 16.5. The highest BCUT2D eigenvalue weighted by Gasteiger charge is 2.12. The molecule has 5 nitrogen and oxygen atoms in total. The van der Waals surface area contributed by atoms with E-state index in [1.165, 1.54) is 0 Å². The quantitative estimate of drug-likeness (QED) is 0.782. The van der Waals surface area contributed by atoms with Crippen LogP contribution in [0.3, 0.4) is 0 Å². The Hall–Kier alpha value is -1.98. The van der Waals surface area contributed by atoms with Gasteiger partial charge in [0.25, 0.3) is 0 Å². The Morgan fingerprint density at radius 1 is 1.19 bits per heavy atom. The number of nitrogens with one attached hydrogen (secondary N) is 1. The van der Waals surface area contributed by atoms with Gasteiger partial charge in [0.05, 0.1) is 19.4 Å². The van der Waals surface area contributed by atoms with Crippen LogP contribution in [0.5, 0.6) is 11.5 Å². The van der Waals surface area contributed by atoms with E-state index in [4.69, 9.17) is 13.9 Å². The summed E-state index contributed by atoms with van der Waals surface area (Å²) in [6, 6.07) is 11.1. The maximum Gasteiger partial charge on any atom is 0.161 e. The van der Waals surface area contributed by atoms with Gasteiger partial charge >= 0.3 is 0 Å². The minimum absolute atomic E-state index is 0.0425. The summed E-state index contributed by atoms with van der Waals surface area (Å²) in [5, 5.41) is 13.2. The molecule has 0 bridgehead atoms. The lowest BCUT2D eigenvalue weighted by Gasteiger charge is -2.17. The minimum Gasteiger partial charge on any atom is -0.493 e.